The summed E-state index contributed by atoms with van der Waals surface area (Å²) < 4.78 is 28.3. The first kappa shape index (κ1) is 20.8. The van der Waals surface area contributed by atoms with Gasteiger partial charge in [0.25, 0.3) is 0 Å². The summed E-state index contributed by atoms with van der Waals surface area (Å²) in [7, 11) is -3.47. The standard InChI is InChI=1S/C23H30N2O2S/c1-18-17-19(2)21(4)23(20(18)3)28(26,27)25-15-13-24(14-16-25)12-8-11-22-9-6-5-7-10-22/h5-11,17H,12-16H2,1-4H3/b11-8+. The number of rotatable bonds is 5. The first-order chi connectivity index (χ1) is 13.3. The fourth-order valence-corrected chi connectivity index (χ4v) is 5.75. The van der Waals surface area contributed by atoms with Crippen molar-refractivity contribution in [2.75, 3.05) is 32.7 Å². The zero-order valence-corrected chi connectivity index (χ0v) is 18.1. The van der Waals surface area contributed by atoms with Crippen molar-refractivity contribution in [1.29, 1.82) is 0 Å². The summed E-state index contributed by atoms with van der Waals surface area (Å²) in [4.78, 5) is 2.80. The molecule has 0 saturated carbocycles. The first-order valence-corrected chi connectivity index (χ1v) is 11.3. The van der Waals surface area contributed by atoms with E-state index in [-0.39, 0.29) is 0 Å². The summed E-state index contributed by atoms with van der Waals surface area (Å²) in [6.45, 7) is 11.2. The van der Waals surface area contributed by atoms with Gasteiger partial charge in [-0.05, 0) is 55.5 Å². The Bertz CT molecular complexity index is 932. The first-order valence-electron chi connectivity index (χ1n) is 9.82. The molecule has 1 saturated heterocycles. The Morgan fingerprint density at radius 3 is 2.04 bits per heavy atom. The summed E-state index contributed by atoms with van der Waals surface area (Å²) in [6, 6.07) is 12.3. The number of piperazine rings is 1. The SMILES string of the molecule is Cc1cc(C)c(C)c(S(=O)(=O)N2CCN(C/C=C/c3ccccc3)CC2)c1C. The van der Waals surface area contributed by atoms with Crippen LogP contribution in [0.1, 0.15) is 27.8 Å². The van der Waals surface area contributed by atoms with Crippen LogP contribution in [0.4, 0.5) is 0 Å². The van der Waals surface area contributed by atoms with Gasteiger partial charge in [0.15, 0.2) is 0 Å². The van der Waals surface area contributed by atoms with Gasteiger partial charge >= 0.3 is 0 Å². The quantitative estimate of drug-likeness (QED) is 0.766. The predicted molar refractivity (Wildman–Crippen MR) is 116 cm³/mol. The van der Waals surface area contributed by atoms with Gasteiger partial charge in [-0.25, -0.2) is 8.42 Å². The van der Waals surface area contributed by atoms with Gasteiger partial charge in [0.05, 0.1) is 4.90 Å². The minimum Gasteiger partial charge on any atom is -0.297 e. The van der Waals surface area contributed by atoms with Gasteiger partial charge in [-0.3, -0.25) is 4.90 Å². The highest BCUT2D eigenvalue weighted by molar-refractivity contribution is 7.89. The summed E-state index contributed by atoms with van der Waals surface area (Å²) in [6.07, 6.45) is 4.27. The summed E-state index contributed by atoms with van der Waals surface area (Å²) in [5.41, 5.74) is 5.00. The molecule has 1 fully saturated rings. The lowest BCUT2D eigenvalue weighted by atomic mass is 10.0. The molecule has 2 aromatic rings. The van der Waals surface area contributed by atoms with E-state index in [1.165, 1.54) is 5.56 Å². The third-order valence-electron chi connectivity index (χ3n) is 5.70. The molecule has 4 nitrogen and oxygen atoms in total. The molecule has 28 heavy (non-hydrogen) atoms. The normalized spacial score (nSPS) is 16.7. The summed E-state index contributed by atoms with van der Waals surface area (Å²) in [5.74, 6) is 0. The van der Waals surface area contributed by atoms with Crippen LogP contribution in [0.25, 0.3) is 6.08 Å². The Balaban J connectivity index is 1.67. The molecule has 0 spiro atoms. The molecule has 0 amide bonds. The molecule has 3 rings (SSSR count). The van der Waals surface area contributed by atoms with Crippen LogP contribution < -0.4 is 0 Å². The molecule has 0 N–H and O–H groups in total. The van der Waals surface area contributed by atoms with E-state index < -0.39 is 10.0 Å². The van der Waals surface area contributed by atoms with Gasteiger partial charge in [-0.15, -0.1) is 0 Å². The van der Waals surface area contributed by atoms with E-state index in [0.717, 1.165) is 41.9 Å². The smallest absolute Gasteiger partial charge is 0.243 e. The molecule has 5 heteroatoms. The maximum absolute atomic E-state index is 13.3. The number of nitrogens with zero attached hydrogens (tertiary/aromatic N) is 2. The lowest BCUT2D eigenvalue weighted by molar-refractivity contribution is 0.204. The number of benzene rings is 2. The highest BCUT2D eigenvalue weighted by Crippen LogP contribution is 2.29. The highest BCUT2D eigenvalue weighted by atomic mass is 32.2. The molecule has 1 aliphatic rings. The minimum absolute atomic E-state index is 0.502. The minimum atomic E-state index is -3.47. The van der Waals surface area contributed by atoms with Crippen LogP contribution in [-0.2, 0) is 10.0 Å². The Labute approximate surface area is 169 Å². The molecular formula is C23H30N2O2S. The monoisotopic (exact) mass is 398 g/mol. The van der Waals surface area contributed by atoms with E-state index in [4.69, 9.17) is 0 Å². The lowest BCUT2D eigenvalue weighted by Gasteiger charge is -2.34. The Morgan fingerprint density at radius 2 is 1.46 bits per heavy atom. The predicted octanol–water partition coefficient (Wildman–Crippen LogP) is 3.94. The van der Waals surface area contributed by atoms with Crippen LogP contribution in [0.5, 0.6) is 0 Å². The molecule has 2 aromatic carbocycles. The zero-order chi connectivity index (χ0) is 20.3. The van der Waals surface area contributed by atoms with E-state index >= 15 is 0 Å². The number of hydrogen-bond donors (Lipinski definition) is 0. The van der Waals surface area contributed by atoms with Gasteiger partial charge in [-0.2, -0.15) is 4.31 Å². The van der Waals surface area contributed by atoms with Crippen LogP contribution in [0.15, 0.2) is 47.4 Å². The van der Waals surface area contributed by atoms with Gasteiger partial charge in [0.2, 0.25) is 10.0 Å². The molecule has 0 radical (unpaired) electrons. The van der Waals surface area contributed by atoms with E-state index in [1.54, 1.807) is 4.31 Å². The Hall–Kier alpha value is -1.95. The fraction of sp³-hybridized carbons (Fsp3) is 0.391. The Morgan fingerprint density at radius 1 is 0.893 bits per heavy atom. The van der Waals surface area contributed by atoms with Crippen LogP contribution >= 0.6 is 0 Å². The van der Waals surface area contributed by atoms with Crippen LogP contribution in [0, 0.1) is 27.7 Å². The van der Waals surface area contributed by atoms with E-state index in [2.05, 4.69) is 35.3 Å². The second-order valence-corrected chi connectivity index (χ2v) is 9.48. The molecule has 0 aliphatic carbocycles. The molecule has 1 aliphatic heterocycles. The molecule has 0 unspecified atom stereocenters. The second-order valence-electron chi connectivity index (χ2n) is 7.61. The Kier molecular flexibility index (Phi) is 6.38. The summed E-state index contributed by atoms with van der Waals surface area (Å²) >= 11 is 0. The van der Waals surface area contributed by atoms with Crippen molar-refractivity contribution in [1.82, 2.24) is 9.21 Å². The zero-order valence-electron chi connectivity index (χ0n) is 17.3. The van der Waals surface area contributed by atoms with Crippen molar-refractivity contribution >= 4 is 16.1 Å². The van der Waals surface area contributed by atoms with Crippen molar-refractivity contribution in [3.8, 4) is 0 Å². The number of hydrogen-bond acceptors (Lipinski definition) is 3. The van der Waals surface area contributed by atoms with Gasteiger partial charge in [0.1, 0.15) is 0 Å². The van der Waals surface area contributed by atoms with Gasteiger partial charge in [-0.1, -0.05) is 48.6 Å². The summed E-state index contributed by atoms with van der Waals surface area (Å²) in [5, 5.41) is 0. The van der Waals surface area contributed by atoms with Gasteiger partial charge < -0.3 is 0 Å². The van der Waals surface area contributed by atoms with Crippen LogP contribution in [0.2, 0.25) is 0 Å². The van der Waals surface area contributed by atoms with Gasteiger partial charge in [0, 0.05) is 32.7 Å². The number of aryl methyl sites for hydroxylation is 2. The fourth-order valence-electron chi connectivity index (χ4n) is 3.75. The van der Waals surface area contributed by atoms with Crippen molar-refractivity contribution in [3.63, 3.8) is 0 Å². The average molecular weight is 399 g/mol. The maximum Gasteiger partial charge on any atom is 0.243 e. The van der Waals surface area contributed by atoms with E-state index in [1.807, 2.05) is 45.9 Å². The third-order valence-corrected chi connectivity index (χ3v) is 7.87. The number of sulfonamides is 1. The topological polar surface area (TPSA) is 40.6 Å². The lowest BCUT2D eigenvalue weighted by Crippen LogP contribution is -2.48. The van der Waals surface area contributed by atoms with Crippen LogP contribution in [0.3, 0.4) is 0 Å². The molecule has 0 aromatic heterocycles. The highest BCUT2D eigenvalue weighted by Gasteiger charge is 2.31. The van der Waals surface area contributed by atoms with Crippen molar-refractivity contribution in [2.45, 2.75) is 32.6 Å². The van der Waals surface area contributed by atoms with E-state index in [9.17, 15) is 8.42 Å². The molecule has 0 bridgehead atoms. The maximum atomic E-state index is 13.3. The largest absolute Gasteiger partial charge is 0.297 e. The second kappa shape index (κ2) is 8.60. The molecular weight excluding hydrogens is 368 g/mol. The van der Waals surface area contributed by atoms with Crippen molar-refractivity contribution in [3.05, 3.63) is 70.3 Å². The van der Waals surface area contributed by atoms with Crippen molar-refractivity contribution in [2.24, 2.45) is 0 Å². The molecule has 150 valence electrons. The van der Waals surface area contributed by atoms with Crippen LogP contribution in [-0.4, -0.2) is 50.3 Å². The molecule has 1 heterocycles. The van der Waals surface area contributed by atoms with E-state index in [0.29, 0.717) is 18.0 Å². The average Bonchev–Trinajstić information content (AvgIpc) is 2.68. The molecule has 0 atom stereocenters. The third kappa shape index (κ3) is 4.37. The van der Waals surface area contributed by atoms with Crippen molar-refractivity contribution < 1.29 is 8.42 Å².